The van der Waals surface area contributed by atoms with Crippen molar-refractivity contribution in [1.29, 1.82) is 0 Å². The number of aromatic nitrogens is 4. The highest BCUT2D eigenvalue weighted by molar-refractivity contribution is 5.47. The van der Waals surface area contributed by atoms with E-state index in [9.17, 15) is 0 Å². The van der Waals surface area contributed by atoms with Crippen LogP contribution in [0.2, 0.25) is 0 Å². The number of hydrogen-bond acceptors (Lipinski definition) is 5. The van der Waals surface area contributed by atoms with Crippen LogP contribution >= 0.6 is 0 Å². The molecule has 0 fully saturated rings. The first-order valence-corrected chi connectivity index (χ1v) is 6.27. The maximum absolute atomic E-state index is 4.12. The van der Waals surface area contributed by atoms with Gasteiger partial charge in [-0.3, -0.25) is 0 Å². The zero-order valence-electron chi connectivity index (χ0n) is 11.8. The molecule has 0 aliphatic heterocycles. The lowest BCUT2D eigenvalue weighted by atomic mass is 9.98. The molecule has 0 spiro atoms. The molecule has 1 aromatic heterocycles. The molecule has 19 heavy (non-hydrogen) atoms. The summed E-state index contributed by atoms with van der Waals surface area (Å²) >= 11 is 0. The topological polar surface area (TPSA) is 58.9 Å². The Balaban J connectivity index is 2.31. The average molecular weight is 260 g/mol. The van der Waals surface area contributed by atoms with E-state index >= 15 is 0 Å². The minimum atomic E-state index is 0.154. The minimum Gasteiger partial charge on any atom is -0.378 e. The van der Waals surface area contributed by atoms with E-state index in [4.69, 9.17) is 0 Å². The highest BCUT2D eigenvalue weighted by Crippen LogP contribution is 2.23. The van der Waals surface area contributed by atoms with E-state index in [0.717, 1.165) is 12.4 Å². The van der Waals surface area contributed by atoms with Crippen molar-refractivity contribution in [2.75, 3.05) is 32.6 Å². The third-order valence-corrected chi connectivity index (χ3v) is 3.18. The van der Waals surface area contributed by atoms with Gasteiger partial charge in [-0.25, -0.2) is 4.68 Å². The standard InChI is InChI=1S/C13H20N6/c1-14-9-12(13-15-16-17-19(13)4)10-5-7-11(8-6-10)18(2)3/h5-8,12,14H,9H2,1-4H3. The van der Waals surface area contributed by atoms with Crippen molar-refractivity contribution in [3.8, 4) is 0 Å². The second-order valence-electron chi connectivity index (χ2n) is 4.76. The Morgan fingerprint density at radius 2 is 1.95 bits per heavy atom. The number of aryl methyl sites for hydroxylation is 1. The quantitative estimate of drug-likeness (QED) is 0.854. The van der Waals surface area contributed by atoms with Gasteiger partial charge in [0.1, 0.15) is 0 Å². The summed E-state index contributed by atoms with van der Waals surface area (Å²) in [4.78, 5) is 2.08. The Hall–Kier alpha value is -1.95. The molecule has 0 saturated heterocycles. The van der Waals surface area contributed by atoms with Gasteiger partial charge in [-0.2, -0.15) is 0 Å². The van der Waals surface area contributed by atoms with Crippen molar-refractivity contribution in [1.82, 2.24) is 25.5 Å². The van der Waals surface area contributed by atoms with Crippen LogP contribution in [0.5, 0.6) is 0 Å². The van der Waals surface area contributed by atoms with Crippen molar-refractivity contribution in [3.05, 3.63) is 35.7 Å². The van der Waals surface area contributed by atoms with Crippen LogP contribution in [0.25, 0.3) is 0 Å². The van der Waals surface area contributed by atoms with Crippen molar-refractivity contribution in [2.24, 2.45) is 7.05 Å². The van der Waals surface area contributed by atoms with Crippen LogP contribution < -0.4 is 10.2 Å². The second-order valence-corrected chi connectivity index (χ2v) is 4.76. The molecule has 0 aliphatic carbocycles. The zero-order chi connectivity index (χ0) is 13.8. The molecule has 102 valence electrons. The molecule has 2 rings (SSSR count). The average Bonchev–Trinajstić information content (AvgIpc) is 2.82. The first-order valence-electron chi connectivity index (χ1n) is 6.27. The van der Waals surface area contributed by atoms with E-state index in [2.05, 4.69) is 50.0 Å². The molecule has 6 heteroatoms. The molecule has 1 heterocycles. The van der Waals surface area contributed by atoms with Crippen LogP contribution in [0.15, 0.2) is 24.3 Å². The predicted molar refractivity (Wildman–Crippen MR) is 75.3 cm³/mol. The van der Waals surface area contributed by atoms with Crippen molar-refractivity contribution in [2.45, 2.75) is 5.92 Å². The third kappa shape index (κ3) is 2.90. The normalized spacial score (nSPS) is 12.4. The van der Waals surface area contributed by atoms with E-state index in [1.807, 2.05) is 28.2 Å². The molecule has 1 unspecified atom stereocenters. The number of rotatable bonds is 5. The van der Waals surface area contributed by atoms with Crippen LogP contribution in [0.3, 0.4) is 0 Å². The highest BCUT2D eigenvalue weighted by atomic mass is 15.5. The first-order chi connectivity index (χ1) is 9.13. The van der Waals surface area contributed by atoms with E-state index < -0.39 is 0 Å². The number of likely N-dealkylation sites (N-methyl/N-ethyl adjacent to an activating group) is 1. The Morgan fingerprint density at radius 1 is 1.26 bits per heavy atom. The molecule has 0 saturated carbocycles. The fraction of sp³-hybridized carbons (Fsp3) is 0.462. The summed E-state index contributed by atoms with van der Waals surface area (Å²) in [5, 5.41) is 15.0. The van der Waals surface area contributed by atoms with Gasteiger partial charge in [0.05, 0.1) is 5.92 Å². The molecule has 0 bridgehead atoms. The van der Waals surface area contributed by atoms with E-state index in [1.165, 1.54) is 11.3 Å². The smallest absolute Gasteiger partial charge is 0.159 e. The summed E-state index contributed by atoms with van der Waals surface area (Å²) in [6.45, 7) is 0.801. The number of nitrogens with one attached hydrogen (secondary N) is 1. The maximum atomic E-state index is 4.12. The summed E-state index contributed by atoms with van der Waals surface area (Å²) in [5.41, 5.74) is 2.39. The molecule has 0 radical (unpaired) electrons. The van der Waals surface area contributed by atoms with Gasteiger partial charge in [0.15, 0.2) is 5.82 Å². The Kier molecular flexibility index (Phi) is 4.11. The monoisotopic (exact) mass is 260 g/mol. The van der Waals surface area contributed by atoms with Gasteiger partial charge in [-0.1, -0.05) is 12.1 Å². The number of tetrazole rings is 1. The Bertz CT molecular complexity index is 516. The van der Waals surface area contributed by atoms with E-state index in [-0.39, 0.29) is 5.92 Å². The van der Waals surface area contributed by atoms with Crippen LogP contribution in [0.1, 0.15) is 17.3 Å². The third-order valence-electron chi connectivity index (χ3n) is 3.18. The van der Waals surface area contributed by atoms with Gasteiger partial charge in [0.2, 0.25) is 0 Å². The van der Waals surface area contributed by atoms with Gasteiger partial charge >= 0.3 is 0 Å². The number of anilines is 1. The summed E-state index contributed by atoms with van der Waals surface area (Å²) in [7, 11) is 7.87. The summed E-state index contributed by atoms with van der Waals surface area (Å²) in [5.74, 6) is 1.02. The Morgan fingerprint density at radius 3 is 2.42 bits per heavy atom. The van der Waals surface area contributed by atoms with Crippen LogP contribution in [-0.4, -0.2) is 47.9 Å². The van der Waals surface area contributed by atoms with Gasteiger partial charge in [-0.15, -0.1) is 5.10 Å². The highest BCUT2D eigenvalue weighted by Gasteiger charge is 2.19. The van der Waals surface area contributed by atoms with E-state index in [1.54, 1.807) is 4.68 Å². The summed E-state index contributed by atoms with van der Waals surface area (Å²) in [6, 6.07) is 8.49. The molecular weight excluding hydrogens is 240 g/mol. The van der Waals surface area contributed by atoms with Crippen molar-refractivity contribution in [3.63, 3.8) is 0 Å². The summed E-state index contributed by atoms with van der Waals surface area (Å²) in [6.07, 6.45) is 0. The summed E-state index contributed by atoms with van der Waals surface area (Å²) < 4.78 is 1.72. The lowest BCUT2D eigenvalue weighted by molar-refractivity contribution is 0.611. The molecule has 6 nitrogen and oxygen atoms in total. The minimum absolute atomic E-state index is 0.154. The van der Waals surface area contributed by atoms with Crippen LogP contribution in [-0.2, 0) is 7.05 Å². The lowest BCUT2D eigenvalue weighted by Gasteiger charge is -2.17. The molecular formula is C13H20N6. The number of benzene rings is 1. The van der Waals surface area contributed by atoms with Crippen molar-refractivity contribution < 1.29 is 0 Å². The van der Waals surface area contributed by atoms with Crippen LogP contribution in [0, 0.1) is 0 Å². The first kappa shape index (κ1) is 13.5. The molecule has 0 aliphatic rings. The Labute approximate surface area is 113 Å². The fourth-order valence-electron chi connectivity index (χ4n) is 2.10. The van der Waals surface area contributed by atoms with Crippen molar-refractivity contribution >= 4 is 5.69 Å². The molecule has 0 amide bonds. The largest absolute Gasteiger partial charge is 0.378 e. The molecule has 1 atom stereocenters. The lowest BCUT2D eigenvalue weighted by Crippen LogP contribution is -2.21. The van der Waals surface area contributed by atoms with Gasteiger partial charge in [-0.05, 0) is 35.2 Å². The number of nitrogens with zero attached hydrogens (tertiary/aromatic N) is 5. The van der Waals surface area contributed by atoms with E-state index in [0.29, 0.717) is 0 Å². The second kappa shape index (κ2) is 5.79. The maximum Gasteiger partial charge on any atom is 0.159 e. The van der Waals surface area contributed by atoms with Crippen LogP contribution in [0.4, 0.5) is 5.69 Å². The molecule has 1 aromatic carbocycles. The van der Waals surface area contributed by atoms with Gasteiger partial charge in [0.25, 0.3) is 0 Å². The molecule has 1 N–H and O–H groups in total. The zero-order valence-corrected chi connectivity index (χ0v) is 11.8. The fourth-order valence-corrected chi connectivity index (χ4v) is 2.10. The van der Waals surface area contributed by atoms with Gasteiger partial charge < -0.3 is 10.2 Å². The SMILES string of the molecule is CNCC(c1ccc(N(C)C)cc1)c1nnnn1C. The predicted octanol–water partition coefficient (Wildman–Crippen LogP) is 0.627. The molecule has 2 aromatic rings. The van der Waals surface area contributed by atoms with Gasteiger partial charge in [0, 0.05) is 33.4 Å². The number of hydrogen-bond donors (Lipinski definition) is 1.